The Hall–Kier alpha value is -4.37. The molecule has 220 valence electrons. The minimum Gasteiger partial charge on any atom is -0.370 e. The molecule has 1 aliphatic heterocycles. The molecule has 0 unspecified atom stereocenters. The number of aryl methyl sites for hydroxylation is 1. The average molecular weight is 568 g/mol. The molecule has 0 radical (unpaired) electrons. The number of nitrogens with one attached hydrogen (secondary N) is 1. The minimum absolute atomic E-state index is 0.0479. The SMILES string of the molecule is C[C@@H]1CN(C(=O)[C@H](N)Cc2ccc3ccccc3c2)[C@@H](CCCN=C(N)N)CN1C(=O)CCc1c[nH]c2ccccc12. The lowest BCUT2D eigenvalue weighted by Crippen LogP contribution is -2.62. The minimum atomic E-state index is -0.678. The highest BCUT2D eigenvalue weighted by molar-refractivity contribution is 5.86. The fourth-order valence-electron chi connectivity index (χ4n) is 6.08. The van der Waals surface area contributed by atoms with E-state index in [1.54, 1.807) is 0 Å². The van der Waals surface area contributed by atoms with Crippen molar-refractivity contribution in [2.45, 2.75) is 57.2 Å². The Bertz CT molecular complexity index is 1570. The van der Waals surface area contributed by atoms with Gasteiger partial charge in [0, 0.05) is 55.2 Å². The van der Waals surface area contributed by atoms with Gasteiger partial charge in [0.15, 0.2) is 5.96 Å². The summed E-state index contributed by atoms with van der Waals surface area (Å²) in [5.74, 6) is 0.0500. The predicted molar refractivity (Wildman–Crippen MR) is 169 cm³/mol. The predicted octanol–water partition coefficient (Wildman–Crippen LogP) is 3.31. The molecule has 0 spiro atoms. The molecule has 42 heavy (non-hydrogen) atoms. The Morgan fingerprint density at radius 3 is 2.57 bits per heavy atom. The van der Waals surface area contributed by atoms with Crippen LogP contribution in [0.15, 0.2) is 77.9 Å². The zero-order valence-corrected chi connectivity index (χ0v) is 24.2. The number of nitrogens with two attached hydrogens (primary N) is 3. The van der Waals surface area contributed by atoms with E-state index < -0.39 is 6.04 Å². The Morgan fingerprint density at radius 1 is 1.00 bits per heavy atom. The molecule has 5 rings (SSSR count). The van der Waals surface area contributed by atoms with E-state index in [0.717, 1.165) is 32.8 Å². The van der Waals surface area contributed by atoms with Crippen molar-refractivity contribution >= 4 is 39.4 Å². The molecule has 1 aliphatic rings. The first kappa shape index (κ1) is 29.1. The van der Waals surface area contributed by atoms with Crippen LogP contribution in [0.2, 0.25) is 0 Å². The second kappa shape index (κ2) is 13.1. The number of nitrogens with zero attached hydrogens (tertiary/aromatic N) is 3. The van der Waals surface area contributed by atoms with Crippen molar-refractivity contribution in [3.63, 3.8) is 0 Å². The van der Waals surface area contributed by atoms with Crippen molar-refractivity contribution in [1.29, 1.82) is 0 Å². The summed E-state index contributed by atoms with van der Waals surface area (Å²) in [5, 5.41) is 3.42. The standard InChI is InChI=1S/C33H41N7O2/c1-22-20-40(32(42)29(34)18-23-12-13-24-7-2-3-8-25(24)17-23)27(9-6-16-37-33(35)36)21-39(22)31(41)15-14-26-19-38-30-11-5-4-10-28(26)30/h2-5,7-8,10-13,17,19,22,27,29,38H,6,9,14-16,18,20-21,34H2,1H3,(H4,35,36,37)/t22-,27+,29-/m1/s1. The first-order chi connectivity index (χ1) is 20.3. The van der Waals surface area contributed by atoms with Crippen molar-refractivity contribution in [3.8, 4) is 0 Å². The van der Waals surface area contributed by atoms with Crippen LogP contribution in [-0.4, -0.2) is 70.3 Å². The first-order valence-electron chi connectivity index (χ1n) is 14.7. The number of hydrogen-bond donors (Lipinski definition) is 4. The van der Waals surface area contributed by atoms with Crippen LogP contribution in [0, 0.1) is 0 Å². The topological polar surface area (TPSA) is 147 Å². The number of para-hydroxylation sites is 1. The molecule has 2 amide bonds. The lowest BCUT2D eigenvalue weighted by Gasteiger charge is -2.46. The molecular formula is C33H41N7O2. The third-order valence-electron chi connectivity index (χ3n) is 8.30. The Labute approximate surface area is 246 Å². The number of carbonyl (C=O) groups excluding carboxylic acids is 2. The zero-order chi connectivity index (χ0) is 29.6. The fraction of sp³-hybridized carbons (Fsp3) is 0.364. The van der Waals surface area contributed by atoms with E-state index in [4.69, 9.17) is 17.2 Å². The number of benzene rings is 3. The number of H-pyrrole nitrogens is 1. The normalized spacial score (nSPS) is 17.9. The van der Waals surface area contributed by atoms with Crippen LogP contribution in [-0.2, 0) is 22.4 Å². The lowest BCUT2D eigenvalue weighted by molar-refractivity contribution is -0.147. The number of hydrogen-bond acceptors (Lipinski definition) is 4. The molecule has 1 saturated heterocycles. The van der Waals surface area contributed by atoms with E-state index in [1.807, 2.05) is 59.3 Å². The molecule has 0 aliphatic carbocycles. The second-order valence-electron chi connectivity index (χ2n) is 11.3. The molecule has 1 aromatic heterocycles. The van der Waals surface area contributed by atoms with Gasteiger partial charge in [0.05, 0.1) is 6.04 Å². The molecule has 9 nitrogen and oxygen atoms in total. The smallest absolute Gasteiger partial charge is 0.240 e. The zero-order valence-electron chi connectivity index (χ0n) is 24.2. The first-order valence-corrected chi connectivity index (χ1v) is 14.7. The van der Waals surface area contributed by atoms with Crippen LogP contribution >= 0.6 is 0 Å². The van der Waals surface area contributed by atoms with Gasteiger partial charge in [0.2, 0.25) is 11.8 Å². The quantitative estimate of drug-likeness (QED) is 0.132. The number of amides is 2. The Morgan fingerprint density at radius 2 is 1.76 bits per heavy atom. The number of aliphatic imine (C=N–C) groups is 1. The Balaban J connectivity index is 1.26. The highest BCUT2D eigenvalue weighted by atomic mass is 16.2. The number of fused-ring (bicyclic) bond motifs is 2. The molecule has 3 aromatic carbocycles. The highest BCUT2D eigenvalue weighted by Gasteiger charge is 2.37. The van der Waals surface area contributed by atoms with E-state index >= 15 is 0 Å². The van der Waals surface area contributed by atoms with Gasteiger partial charge >= 0.3 is 0 Å². The van der Waals surface area contributed by atoms with Gasteiger partial charge < -0.3 is 32.0 Å². The average Bonchev–Trinajstić information content (AvgIpc) is 3.41. The van der Waals surface area contributed by atoms with Crippen LogP contribution < -0.4 is 17.2 Å². The van der Waals surface area contributed by atoms with Crippen LogP contribution in [0.4, 0.5) is 0 Å². The molecule has 7 N–H and O–H groups in total. The van der Waals surface area contributed by atoms with Gasteiger partial charge in [-0.05, 0) is 60.6 Å². The number of piperazine rings is 1. The summed E-state index contributed by atoms with van der Waals surface area (Å²) in [4.78, 5) is 38.5. The summed E-state index contributed by atoms with van der Waals surface area (Å²) < 4.78 is 0. The van der Waals surface area contributed by atoms with Crippen LogP contribution in [0.3, 0.4) is 0 Å². The molecule has 9 heteroatoms. The number of carbonyl (C=O) groups is 2. The molecular weight excluding hydrogens is 526 g/mol. The molecule has 4 aromatic rings. The van der Waals surface area contributed by atoms with Crippen LogP contribution in [0.1, 0.15) is 37.3 Å². The largest absolute Gasteiger partial charge is 0.370 e. The van der Waals surface area contributed by atoms with Crippen LogP contribution in [0.5, 0.6) is 0 Å². The number of aromatic nitrogens is 1. The summed E-state index contributed by atoms with van der Waals surface area (Å²) >= 11 is 0. The number of rotatable bonds is 10. The maximum Gasteiger partial charge on any atom is 0.240 e. The molecule has 3 atom stereocenters. The summed E-state index contributed by atoms with van der Waals surface area (Å²) in [7, 11) is 0. The summed E-state index contributed by atoms with van der Waals surface area (Å²) in [6, 6.07) is 21.5. The van der Waals surface area contributed by atoms with E-state index in [2.05, 4.69) is 40.3 Å². The van der Waals surface area contributed by atoms with Gasteiger partial charge in [-0.1, -0.05) is 60.7 Å². The molecule has 1 fully saturated rings. The van der Waals surface area contributed by atoms with E-state index in [-0.39, 0.29) is 29.9 Å². The summed E-state index contributed by atoms with van der Waals surface area (Å²) in [6.07, 6.45) is 4.86. The van der Waals surface area contributed by atoms with Gasteiger partial charge in [-0.3, -0.25) is 14.6 Å². The van der Waals surface area contributed by atoms with Crippen molar-refractivity contribution in [3.05, 3.63) is 84.1 Å². The summed E-state index contributed by atoms with van der Waals surface area (Å²) in [6.45, 7) is 3.38. The maximum atomic E-state index is 13.8. The van der Waals surface area contributed by atoms with Gasteiger partial charge in [0.1, 0.15) is 0 Å². The van der Waals surface area contributed by atoms with E-state index in [9.17, 15) is 9.59 Å². The van der Waals surface area contributed by atoms with Crippen molar-refractivity contribution in [2.24, 2.45) is 22.2 Å². The highest BCUT2D eigenvalue weighted by Crippen LogP contribution is 2.24. The molecule has 0 saturated carbocycles. The Kier molecular flexibility index (Phi) is 9.07. The summed E-state index contributed by atoms with van der Waals surface area (Å²) in [5.41, 5.74) is 20.8. The maximum absolute atomic E-state index is 13.8. The van der Waals surface area contributed by atoms with Gasteiger partial charge in [-0.15, -0.1) is 0 Å². The number of aromatic amines is 1. The molecule has 2 heterocycles. The van der Waals surface area contributed by atoms with Crippen molar-refractivity contribution in [2.75, 3.05) is 19.6 Å². The third-order valence-corrected chi connectivity index (χ3v) is 8.30. The third kappa shape index (κ3) is 6.74. The van der Waals surface area contributed by atoms with Crippen LogP contribution in [0.25, 0.3) is 21.7 Å². The lowest BCUT2D eigenvalue weighted by atomic mass is 9.97. The fourth-order valence-corrected chi connectivity index (χ4v) is 6.08. The van der Waals surface area contributed by atoms with E-state index in [1.165, 1.54) is 0 Å². The van der Waals surface area contributed by atoms with E-state index in [0.29, 0.717) is 51.7 Å². The number of guanidine groups is 1. The van der Waals surface area contributed by atoms with Crippen molar-refractivity contribution in [1.82, 2.24) is 14.8 Å². The monoisotopic (exact) mass is 567 g/mol. The van der Waals surface area contributed by atoms with Gasteiger partial charge in [-0.25, -0.2) is 0 Å². The van der Waals surface area contributed by atoms with Gasteiger partial charge in [-0.2, -0.15) is 0 Å². The second-order valence-corrected chi connectivity index (χ2v) is 11.3. The van der Waals surface area contributed by atoms with Gasteiger partial charge in [0.25, 0.3) is 0 Å². The van der Waals surface area contributed by atoms with Crippen molar-refractivity contribution < 1.29 is 9.59 Å². The molecule has 0 bridgehead atoms.